The molecule has 4 nitrogen and oxygen atoms in total. The number of hydrogen-bond acceptors (Lipinski definition) is 2. The molecule has 141 valence electrons. The summed E-state index contributed by atoms with van der Waals surface area (Å²) in [5, 5.41) is 0. The molecule has 0 saturated carbocycles. The maximum Gasteiger partial charge on any atom is 4.00 e. The van der Waals surface area contributed by atoms with Crippen molar-refractivity contribution in [3.8, 4) is 11.4 Å². The van der Waals surface area contributed by atoms with Crippen LogP contribution in [0.3, 0.4) is 0 Å². The molecule has 28 heavy (non-hydrogen) atoms. The SMILES string of the molecule is [Cl-].[Cl-].[Cl-].[V+4].[c-]1nc2ccccc2[nH]1.c1ccc(-c2nc3ccccc3[nH]2)cc1. The Morgan fingerprint density at radius 2 is 1.21 bits per heavy atom. The fourth-order valence-corrected chi connectivity index (χ4v) is 2.51. The third-order valence-corrected chi connectivity index (χ3v) is 3.71. The van der Waals surface area contributed by atoms with Crippen LogP contribution in [0.4, 0.5) is 0 Å². The van der Waals surface area contributed by atoms with Gasteiger partial charge < -0.3 is 52.2 Å². The first-order chi connectivity index (χ1) is 11.9. The van der Waals surface area contributed by atoms with Crippen LogP contribution < -0.4 is 37.2 Å². The number of aromatic amines is 2. The number of H-pyrrole nitrogens is 2. The number of benzene rings is 3. The standard InChI is InChI=1S/C13H10N2.C7H5N2.3ClH.V/c1-2-6-10(7-3-1)13-14-11-8-4-5-9-12(11)15-13;1-2-4-7-6(3-1)8-5-9-7;;;;/h1-9H,(H,14,15);1-4H,(H,8,9);3*1H;/q;-1;;;;+4/p-3. The van der Waals surface area contributed by atoms with Gasteiger partial charge in [-0.1, -0.05) is 65.6 Å². The van der Waals surface area contributed by atoms with Gasteiger partial charge in [-0.2, -0.15) is 0 Å². The molecule has 0 aliphatic rings. The van der Waals surface area contributed by atoms with Crippen LogP contribution in [-0.2, 0) is 18.6 Å². The van der Waals surface area contributed by atoms with Crippen LogP contribution in [0, 0.1) is 6.33 Å². The Hall–Kier alpha value is -1.95. The van der Waals surface area contributed by atoms with E-state index in [9.17, 15) is 0 Å². The molecule has 8 heteroatoms. The van der Waals surface area contributed by atoms with Gasteiger partial charge in [-0.25, -0.2) is 4.98 Å². The quantitative estimate of drug-likeness (QED) is 0.244. The van der Waals surface area contributed by atoms with E-state index in [2.05, 4.69) is 38.4 Å². The molecule has 0 atom stereocenters. The Labute approximate surface area is 193 Å². The van der Waals surface area contributed by atoms with Crippen LogP contribution in [0.2, 0.25) is 0 Å². The summed E-state index contributed by atoms with van der Waals surface area (Å²) in [6.07, 6.45) is 2.66. The third-order valence-electron chi connectivity index (χ3n) is 3.71. The van der Waals surface area contributed by atoms with Gasteiger partial charge in [-0.15, -0.1) is 12.1 Å². The molecule has 1 radical (unpaired) electrons. The summed E-state index contributed by atoms with van der Waals surface area (Å²) in [6.45, 7) is 0. The molecule has 0 aliphatic carbocycles. The first-order valence-electron chi connectivity index (χ1n) is 7.71. The summed E-state index contributed by atoms with van der Waals surface area (Å²) < 4.78 is 0. The van der Waals surface area contributed by atoms with E-state index in [4.69, 9.17) is 0 Å². The van der Waals surface area contributed by atoms with E-state index in [1.165, 1.54) is 0 Å². The Balaban J connectivity index is 0.000000495. The Kier molecular flexibility index (Phi) is 11.6. The van der Waals surface area contributed by atoms with Crippen LogP contribution in [0.25, 0.3) is 33.5 Å². The molecule has 5 aromatic rings. The molecule has 3 aromatic carbocycles. The zero-order valence-electron chi connectivity index (χ0n) is 14.5. The Bertz CT molecular complexity index is 1020. The van der Waals surface area contributed by atoms with E-state index >= 15 is 0 Å². The van der Waals surface area contributed by atoms with E-state index in [0.29, 0.717) is 0 Å². The van der Waals surface area contributed by atoms with Crippen molar-refractivity contribution in [2.45, 2.75) is 0 Å². The summed E-state index contributed by atoms with van der Waals surface area (Å²) in [5.74, 6) is 0.928. The number of fused-ring (bicyclic) bond motifs is 2. The van der Waals surface area contributed by atoms with Gasteiger partial charge in [0, 0.05) is 5.56 Å². The minimum Gasteiger partial charge on any atom is -1.00 e. The second-order valence-electron chi connectivity index (χ2n) is 5.33. The number of hydrogen-bond donors (Lipinski definition) is 2. The molecule has 2 heterocycles. The van der Waals surface area contributed by atoms with Crippen molar-refractivity contribution < 1.29 is 55.8 Å². The Morgan fingerprint density at radius 1 is 0.643 bits per heavy atom. The molecular weight excluding hydrogens is 454 g/mol. The fourth-order valence-electron chi connectivity index (χ4n) is 2.51. The van der Waals surface area contributed by atoms with Crippen LogP contribution in [0.15, 0.2) is 78.9 Å². The van der Waals surface area contributed by atoms with Crippen LogP contribution in [0.1, 0.15) is 0 Å². The van der Waals surface area contributed by atoms with E-state index in [0.717, 1.165) is 33.5 Å². The number of para-hydroxylation sites is 4. The average molecular weight is 469 g/mol. The number of rotatable bonds is 1. The van der Waals surface area contributed by atoms with Gasteiger partial charge >= 0.3 is 18.6 Å². The molecule has 2 aromatic heterocycles. The normalized spacial score (nSPS) is 9.00. The molecular formula is C20H15Cl3N4V. The van der Waals surface area contributed by atoms with E-state index in [1.54, 1.807) is 0 Å². The molecule has 2 N–H and O–H groups in total. The molecule has 0 amide bonds. The van der Waals surface area contributed by atoms with Gasteiger partial charge in [0.1, 0.15) is 5.82 Å². The molecule has 0 aliphatic heterocycles. The number of imidazole rings is 2. The summed E-state index contributed by atoms with van der Waals surface area (Å²) in [6, 6.07) is 26.0. The molecule has 0 bridgehead atoms. The number of aromatic nitrogens is 4. The number of nitrogens with one attached hydrogen (secondary N) is 2. The Morgan fingerprint density at radius 3 is 1.86 bits per heavy atom. The van der Waals surface area contributed by atoms with Crippen molar-refractivity contribution in [1.29, 1.82) is 0 Å². The van der Waals surface area contributed by atoms with Crippen molar-refractivity contribution in [1.82, 2.24) is 19.9 Å². The van der Waals surface area contributed by atoms with Gasteiger partial charge in [-0.05, 0) is 18.5 Å². The predicted octanol–water partition coefficient (Wildman–Crippen LogP) is -4.40. The molecule has 0 unspecified atom stereocenters. The summed E-state index contributed by atoms with van der Waals surface area (Å²) in [7, 11) is 0. The molecule has 0 fully saturated rings. The second kappa shape index (κ2) is 12.5. The maximum absolute atomic E-state index is 4.53. The van der Waals surface area contributed by atoms with E-state index in [1.807, 2.05) is 66.7 Å². The van der Waals surface area contributed by atoms with Crippen molar-refractivity contribution in [3.05, 3.63) is 85.2 Å². The van der Waals surface area contributed by atoms with Crippen molar-refractivity contribution in [2.24, 2.45) is 0 Å². The summed E-state index contributed by atoms with van der Waals surface area (Å²) in [4.78, 5) is 14.6. The van der Waals surface area contributed by atoms with Crippen LogP contribution in [0.5, 0.6) is 0 Å². The van der Waals surface area contributed by atoms with E-state index in [-0.39, 0.29) is 55.8 Å². The third kappa shape index (κ3) is 6.03. The smallest absolute Gasteiger partial charge is 1.00 e. The maximum atomic E-state index is 4.53. The summed E-state index contributed by atoms with van der Waals surface area (Å²) in [5.41, 5.74) is 5.22. The minimum absolute atomic E-state index is 0. The largest absolute Gasteiger partial charge is 4.00 e. The summed E-state index contributed by atoms with van der Waals surface area (Å²) >= 11 is 0. The number of halogens is 3. The average Bonchev–Trinajstić information content (AvgIpc) is 3.29. The van der Waals surface area contributed by atoms with Gasteiger partial charge in [0.2, 0.25) is 0 Å². The number of nitrogens with zero attached hydrogens (tertiary/aromatic N) is 2. The zero-order chi connectivity index (χ0) is 16.2. The van der Waals surface area contributed by atoms with Crippen LogP contribution >= 0.6 is 0 Å². The van der Waals surface area contributed by atoms with Crippen molar-refractivity contribution in [2.75, 3.05) is 0 Å². The topological polar surface area (TPSA) is 57.4 Å². The molecule has 0 spiro atoms. The first kappa shape index (κ1) is 26.1. The van der Waals surface area contributed by atoms with Crippen molar-refractivity contribution >= 4 is 22.1 Å². The first-order valence-corrected chi connectivity index (χ1v) is 7.71. The second-order valence-corrected chi connectivity index (χ2v) is 5.33. The van der Waals surface area contributed by atoms with Gasteiger partial charge in [-0.3, -0.25) is 0 Å². The zero-order valence-corrected chi connectivity index (χ0v) is 18.1. The van der Waals surface area contributed by atoms with E-state index < -0.39 is 0 Å². The van der Waals surface area contributed by atoms with Crippen molar-refractivity contribution in [3.63, 3.8) is 0 Å². The minimum atomic E-state index is 0. The van der Waals surface area contributed by atoms with Gasteiger partial charge in [0.05, 0.1) is 11.0 Å². The predicted molar refractivity (Wildman–Crippen MR) is 96.5 cm³/mol. The fraction of sp³-hybridized carbons (Fsp3) is 0. The molecule has 5 rings (SSSR count). The molecule has 0 saturated heterocycles. The van der Waals surface area contributed by atoms with Gasteiger partial charge in [0.25, 0.3) is 0 Å². The monoisotopic (exact) mass is 467 g/mol. The van der Waals surface area contributed by atoms with Gasteiger partial charge in [0.15, 0.2) is 0 Å². The van der Waals surface area contributed by atoms with Crippen LogP contribution in [-0.4, -0.2) is 19.9 Å².